The van der Waals surface area contributed by atoms with Gasteiger partial charge in [-0.1, -0.05) is 54.2 Å². The lowest BCUT2D eigenvalue weighted by Crippen LogP contribution is -2.44. The molecule has 1 amide bonds. The maximum absolute atomic E-state index is 13.4. The maximum Gasteiger partial charge on any atom is 0.236 e. The molecule has 0 saturated carbocycles. The standard InChI is InChI=1S/C25H29N3O4S2/c1-4-27(20-14-15-34(30,31)17-20)24(29)18(2)33-25-26-16-22(19-10-6-5-7-11-19)28(25)21-12-8-9-13-23(21)32-3/h5-13,16,18,20H,4,14-15,17H2,1-3H3/t18-,20-/m1/s1. The number of aromatic nitrogens is 2. The van der Waals surface area contributed by atoms with Crippen molar-refractivity contribution in [2.24, 2.45) is 0 Å². The number of nitrogens with zero attached hydrogens (tertiary/aromatic N) is 3. The second-order valence-electron chi connectivity index (χ2n) is 8.24. The van der Waals surface area contributed by atoms with Gasteiger partial charge < -0.3 is 9.64 Å². The SMILES string of the molecule is CCN(C(=O)[C@@H](C)Sc1ncc(-c2ccccc2)n1-c1ccccc1OC)[C@@H]1CCS(=O)(=O)C1. The van der Waals surface area contributed by atoms with E-state index >= 15 is 0 Å². The summed E-state index contributed by atoms with van der Waals surface area (Å²) in [4.78, 5) is 19.8. The zero-order chi connectivity index (χ0) is 24.3. The molecule has 9 heteroatoms. The van der Waals surface area contributed by atoms with Gasteiger partial charge in [-0.15, -0.1) is 0 Å². The molecule has 4 rings (SSSR count). The third kappa shape index (κ3) is 5.00. The molecular formula is C25H29N3O4S2. The predicted octanol–water partition coefficient (Wildman–Crippen LogP) is 4.06. The van der Waals surface area contributed by atoms with Crippen LogP contribution < -0.4 is 4.74 Å². The van der Waals surface area contributed by atoms with Gasteiger partial charge in [0.25, 0.3) is 0 Å². The highest BCUT2D eigenvalue weighted by Gasteiger charge is 2.36. The Kier molecular flexibility index (Phi) is 7.33. The maximum atomic E-state index is 13.4. The van der Waals surface area contributed by atoms with Crippen LogP contribution in [0.2, 0.25) is 0 Å². The van der Waals surface area contributed by atoms with Gasteiger partial charge in [-0.05, 0) is 32.4 Å². The summed E-state index contributed by atoms with van der Waals surface area (Å²) in [6.07, 6.45) is 2.30. The molecule has 0 spiro atoms. The summed E-state index contributed by atoms with van der Waals surface area (Å²) in [6.45, 7) is 4.21. The van der Waals surface area contributed by atoms with E-state index in [9.17, 15) is 13.2 Å². The summed E-state index contributed by atoms with van der Waals surface area (Å²) in [7, 11) is -1.45. The number of sulfone groups is 1. The van der Waals surface area contributed by atoms with E-state index in [0.29, 0.717) is 23.9 Å². The van der Waals surface area contributed by atoms with Crippen molar-refractivity contribution < 1.29 is 17.9 Å². The monoisotopic (exact) mass is 499 g/mol. The van der Waals surface area contributed by atoms with Crippen LogP contribution in [-0.2, 0) is 14.6 Å². The van der Waals surface area contributed by atoms with Gasteiger partial charge in [0.2, 0.25) is 5.91 Å². The van der Waals surface area contributed by atoms with Crippen molar-refractivity contribution in [2.45, 2.75) is 36.7 Å². The molecule has 2 atom stereocenters. The first kappa shape index (κ1) is 24.3. The first-order valence-corrected chi connectivity index (χ1v) is 14.0. The van der Waals surface area contributed by atoms with Crippen LogP contribution in [0.15, 0.2) is 66.0 Å². The Hall–Kier alpha value is -2.78. The largest absolute Gasteiger partial charge is 0.495 e. The number of carbonyl (C=O) groups excluding carboxylic acids is 1. The number of thioether (sulfide) groups is 1. The third-order valence-electron chi connectivity index (χ3n) is 6.03. The first-order valence-electron chi connectivity index (χ1n) is 11.3. The van der Waals surface area contributed by atoms with Gasteiger partial charge in [-0.25, -0.2) is 13.4 Å². The van der Waals surface area contributed by atoms with Gasteiger partial charge in [-0.2, -0.15) is 0 Å². The lowest BCUT2D eigenvalue weighted by atomic mass is 10.1. The van der Waals surface area contributed by atoms with Gasteiger partial charge in [0.05, 0.1) is 41.4 Å². The van der Waals surface area contributed by atoms with Gasteiger partial charge in [0.1, 0.15) is 5.75 Å². The molecule has 3 aromatic rings. The zero-order valence-electron chi connectivity index (χ0n) is 19.5. The molecule has 34 heavy (non-hydrogen) atoms. The molecule has 1 saturated heterocycles. The molecule has 7 nitrogen and oxygen atoms in total. The van der Waals surface area contributed by atoms with Crippen molar-refractivity contribution in [1.82, 2.24) is 14.5 Å². The van der Waals surface area contributed by atoms with E-state index in [-0.39, 0.29) is 23.5 Å². The predicted molar refractivity (Wildman–Crippen MR) is 135 cm³/mol. The third-order valence-corrected chi connectivity index (χ3v) is 8.83. The molecule has 0 unspecified atom stereocenters. The molecule has 0 N–H and O–H groups in total. The van der Waals surface area contributed by atoms with E-state index in [1.807, 2.05) is 79.2 Å². The average molecular weight is 500 g/mol. The molecule has 1 aromatic heterocycles. The molecule has 2 heterocycles. The van der Waals surface area contributed by atoms with Gasteiger partial charge in [-0.3, -0.25) is 9.36 Å². The van der Waals surface area contributed by atoms with Crippen molar-refractivity contribution in [3.8, 4) is 22.7 Å². The number of hydrogen-bond donors (Lipinski definition) is 0. The highest BCUT2D eigenvalue weighted by Crippen LogP contribution is 2.35. The molecule has 1 aliphatic heterocycles. The number of methoxy groups -OCH3 is 1. The molecule has 180 valence electrons. The smallest absolute Gasteiger partial charge is 0.236 e. The van der Waals surface area contributed by atoms with Crippen LogP contribution in [0.4, 0.5) is 0 Å². The fourth-order valence-corrected chi connectivity index (χ4v) is 7.03. The van der Waals surface area contributed by atoms with Gasteiger partial charge in [0.15, 0.2) is 15.0 Å². The number of ether oxygens (including phenoxy) is 1. The van der Waals surface area contributed by atoms with E-state index < -0.39 is 15.1 Å². The van der Waals surface area contributed by atoms with E-state index in [1.54, 1.807) is 12.0 Å². The normalized spacial score (nSPS) is 17.9. The van der Waals surface area contributed by atoms with Gasteiger partial charge in [0, 0.05) is 18.2 Å². The quantitative estimate of drug-likeness (QED) is 0.435. The van der Waals surface area contributed by atoms with Crippen molar-refractivity contribution >= 4 is 27.5 Å². The second kappa shape index (κ2) is 10.2. The number of rotatable bonds is 8. The summed E-state index contributed by atoms with van der Waals surface area (Å²) in [5, 5.41) is 0.224. The highest BCUT2D eigenvalue weighted by atomic mass is 32.2. The Labute approximate surface area is 205 Å². The van der Waals surface area contributed by atoms with E-state index in [0.717, 1.165) is 16.9 Å². The van der Waals surface area contributed by atoms with Crippen LogP contribution in [-0.4, -0.2) is 65.2 Å². The van der Waals surface area contributed by atoms with Crippen molar-refractivity contribution in [2.75, 3.05) is 25.2 Å². The van der Waals surface area contributed by atoms with Crippen molar-refractivity contribution in [3.05, 3.63) is 60.8 Å². The summed E-state index contributed by atoms with van der Waals surface area (Å²) in [5.41, 5.74) is 2.72. The molecule has 1 aliphatic rings. The van der Waals surface area contributed by atoms with Gasteiger partial charge >= 0.3 is 0 Å². The fraction of sp³-hybridized carbons (Fsp3) is 0.360. The number of para-hydroxylation sites is 2. The first-order chi connectivity index (χ1) is 16.3. The summed E-state index contributed by atoms with van der Waals surface area (Å²) >= 11 is 1.37. The Morgan fingerprint density at radius 1 is 1.21 bits per heavy atom. The highest BCUT2D eigenvalue weighted by molar-refractivity contribution is 8.00. The average Bonchev–Trinajstić information content (AvgIpc) is 3.42. The Morgan fingerprint density at radius 2 is 1.91 bits per heavy atom. The fourth-order valence-electron chi connectivity index (χ4n) is 4.34. The number of carbonyl (C=O) groups is 1. The Bertz CT molecular complexity index is 1260. The molecule has 0 aliphatic carbocycles. The number of imidazole rings is 1. The topological polar surface area (TPSA) is 81.5 Å². The van der Waals surface area contributed by atoms with Crippen LogP contribution >= 0.6 is 11.8 Å². The molecule has 0 bridgehead atoms. The van der Waals surface area contributed by atoms with Crippen LogP contribution in [0, 0.1) is 0 Å². The minimum absolute atomic E-state index is 0.0396. The van der Waals surface area contributed by atoms with Crippen LogP contribution in [0.25, 0.3) is 16.9 Å². The van der Waals surface area contributed by atoms with E-state index in [1.165, 1.54) is 11.8 Å². The number of amides is 1. The number of hydrogen-bond acceptors (Lipinski definition) is 6. The molecule has 0 radical (unpaired) electrons. The summed E-state index contributed by atoms with van der Waals surface area (Å²) in [5.74, 6) is 0.801. The minimum atomic E-state index is -3.08. The van der Waals surface area contributed by atoms with Crippen LogP contribution in [0.1, 0.15) is 20.3 Å². The lowest BCUT2D eigenvalue weighted by Gasteiger charge is -2.29. The molecule has 2 aromatic carbocycles. The summed E-state index contributed by atoms with van der Waals surface area (Å²) < 4.78 is 31.6. The Morgan fingerprint density at radius 3 is 2.56 bits per heavy atom. The molecule has 1 fully saturated rings. The van der Waals surface area contributed by atoms with Crippen molar-refractivity contribution in [1.29, 1.82) is 0 Å². The minimum Gasteiger partial charge on any atom is -0.495 e. The lowest BCUT2D eigenvalue weighted by molar-refractivity contribution is -0.131. The molecular weight excluding hydrogens is 470 g/mol. The summed E-state index contributed by atoms with van der Waals surface area (Å²) in [6, 6.07) is 17.4. The van der Waals surface area contributed by atoms with Crippen LogP contribution in [0.3, 0.4) is 0 Å². The van der Waals surface area contributed by atoms with Crippen molar-refractivity contribution in [3.63, 3.8) is 0 Å². The van der Waals surface area contributed by atoms with E-state index in [2.05, 4.69) is 4.98 Å². The second-order valence-corrected chi connectivity index (χ2v) is 11.8. The Balaban J connectivity index is 1.68. The zero-order valence-corrected chi connectivity index (χ0v) is 21.2. The van der Waals surface area contributed by atoms with E-state index in [4.69, 9.17) is 4.74 Å². The number of benzene rings is 2. The van der Waals surface area contributed by atoms with Crippen LogP contribution in [0.5, 0.6) is 5.75 Å².